The van der Waals surface area contributed by atoms with Gasteiger partial charge >= 0.3 is 6.03 Å². The molecule has 166 valence electrons. The summed E-state index contributed by atoms with van der Waals surface area (Å²) in [5.74, 6) is -1.37. The summed E-state index contributed by atoms with van der Waals surface area (Å²) in [5, 5.41) is 7.78. The third kappa shape index (κ3) is 5.17. The average molecular weight is 551 g/mol. The SMILES string of the molecule is CNC(=O)Nc1cccc(Oc2cc(=O)n(C)c(Nc3ccc(I)cc3F)c2C(N)=O)c1. The van der Waals surface area contributed by atoms with Crippen LogP contribution < -0.4 is 32.0 Å². The van der Waals surface area contributed by atoms with E-state index >= 15 is 0 Å². The zero-order valence-corrected chi connectivity index (χ0v) is 19.2. The van der Waals surface area contributed by atoms with Gasteiger partial charge in [-0.1, -0.05) is 6.07 Å². The third-order valence-electron chi connectivity index (χ3n) is 4.38. The van der Waals surface area contributed by atoms with Crippen LogP contribution in [-0.4, -0.2) is 23.6 Å². The number of nitrogens with one attached hydrogen (secondary N) is 3. The lowest BCUT2D eigenvalue weighted by molar-refractivity contribution is 0.0998. The number of amides is 3. The van der Waals surface area contributed by atoms with Crippen molar-refractivity contribution in [3.8, 4) is 11.5 Å². The standard InChI is InChI=1S/C21H19FIN5O4/c1-25-21(31)26-12-4-3-5-13(9-12)32-16-10-17(29)28(2)20(18(16)19(24)30)27-15-7-6-11(23)8-14(15)22/h3-10,27H,1-2H3,(H2,24,30)(H2,25,26,31). The van der Waals surface area contributed by atoms with Crippen molar-refractivity contribution < 1.29 is 18.7 Å². The van der Waals surface area contributed by atoms with Crippen LogP contribution >= 0.6 is 22.6 Å². The number of benzene rings is 2. The second kappa shape index (κ2) is 9.68. The van der Waals surface area contributed by atoms with E-state index in [0.717, 1.165) is 10.6 Å². The molecule has 1 heterocycles. The Morgan fingerprint density at radius 3 is 2.56 bits per heavy atom. The van der Waals surface area contributed by atoms with Crippen LogP contribution in [0.5, 0.6) is 11.5 Å². The summed E-state index contributed by atoms with van der Waals surface area (Å²) < 4.78 is 22.0. The second-order valence-electron chi connectivity index (χ2n) is 6.58. The number of nitrogens with zero attached hydrogens (tertiary/aromatic N) is 1. The number of hydrogen-bond acceptors (Lipinski definition) is 5. The van der Waals surface area contributed by atoms with Crippen molar-refractivity contribution in [2.75, 3.05) is 17.7 Å². The van der Waals surface area contributed by atoms with Gasteiger partial charge in [-0.2, -0.15) is 0 Å². The number of hydrogen-bond donors (Lipinski definition) is 4. The number of carbonyl (C=O) groups is 2. The van der Waals surface area contributed by atoms with Gasteiger partial charge < -0.3 is 26.4 Å². The molecule has 0 aliphatic rings. The van der Waals surface area contributed by atoms with Crippen LogP contribution in [0.1, 0.15) is 10.4 Å². The Labute approximate surface area is 195 Å². The fraction of sp³-hybridized carbons (Fsp3) is 0.0952. The van der Waals surface area contributed by atoms with E-state index in [1.165, 1.54) is 32.3 Å². The maximum atomic E-state index is 14.4. The van der Waals surface area contributed by atoms with Crippen LogP contribution in [0.15, 0.2) is 53.3 Å². The second-order valence-corrected chi connectivity index (χ2v) is 7.82. The normalized spacial score (nSPS) is 10.4. The Balaban J connectivity index is 2.06. The summed E-state index contributed by atoms with van der Waals surface area (Å²) in [4.78, 5) is 36.4. The number of ether oxygens (including phenoxy) is 1. The van der Waals surface area contributed by atoms with E-state index in [2.05, 4.69) is 16.0 Å². The molecule has 0 saturated heterocycles. The van der Waals surface area contributed by atoms with Gasteiger partial charge in [-0.3, -0.25) is 14.2 Å². The van der Waals surface area contributed by atoms with Crippen LogP contribution in [-0.2, 0) is 7.05 Å². The number of urea groups is 1. The van der Waals surface area contributed by atoms with Crippen molar-refractivity contribution in [1.82, 2.24) is 9.88 Å². The van der Waals surface area contributed by atoms with E-state index in [0.29, 0.717) is 9.26 Å². The number of pyridine rings is 1. The lowest BCUT2D eigenvalue weighted by Crippen LogP contribution is -2.25. The molecule has 3 amide bonds. The molecule has 0 saturated carbocycles. The van der Waals surface area contributed by atoms with Crippen LogP contribution in [0.25, 0.3) is 0 Å². The molecule has 1 aromatic heterocycles. The van der Waals surface area contributed by atoms with Gasteiger partial charge in [0.25, 0.3) is 11.5 Å². The van der Waals surface area contributed by atoms with E-state index in [1.807, 2.05) is 22.6 Å². The smallest absolute Gasteiger partial charge is 0.318 e. The van der Waals surface area contributed by atoms with Crippen molar-refractivity contribution in [2.24, 2.45) is 12.8 Å². The molecule has 11 heteroatoms. The Morgan fingerprint density at radius 1 is 1.16 bits per heavy atom. The lowest BCUT2D eigenvalue weighted by Gasteiger charge is -2.18. The van der Waals surface area contributed by atoms with Crippen LogP contribution in [0, 0.1) is 9.39 Å². The topological polar surface area (TPSA) is 127 Å². The number of rotatable bonds is 6. The molecule has 0 spiro atoms. The molecule has 2 aromatic carbocycles. The van der Waals surface area contributed by atoms with Gasteiger partial charge in [-0.25, -0.2) is 9.18 Å². The summed E-state index contributed by atoms with van der Waals surface area (Å²) in [5.41, 5.74) is 5.40. The predicted molar refractivity (Wildman–Crippen MR) is 127 cm³/mol. The zero-order valence-electron chi connectivity index (χ0n) is 17.0. The van der Waals surface area contributed by atoms with E-state index in [1.54, 1.807) is 24.3 Å². The summed E-state index contributed by atoms with van der Waals surface area (Å²) in [6.07, 6.45) is 0. The third-order valence-corrected chi connectivity index (χ3v) is 5.05. The Morgan fingerprint density at radius 2 is 1.91 bits per heavy atom. The van der Waals surface area contributed by atoms with Crippen LogP contribution in [0.4, 0.5) is 26.4 Å². The molecule has 3 aromatic rings. The van der Waals surface area contributed by atoms with Gasteiger partial charge in [0.1, 0.15) is 28.7 Å². The molecule has 3 rings (SSSR count). The van der Waals surface area contributed by atoms with Crippen molar-refractivity contribution in [3.05, 3.63) is 73.8 Å². The summed E-state index contributed by atoms with van der Waals surface area (Å²) in [6, 6.07) is 11.4. The molecule has 0 fully saturated rings. The summed E-state index contributed by atoms with van der Waals surface area (Å²) in [7, 11) is 2.89. The first-order chi connectivity index (χ1) is 15.2. The first-order valence-electron chi connectivity index (χ1n) is 9.22. The number of aromatic nitrogens is 1. The highest BCUT2D eigenvalue weighted by Gasteiger charge is 2.22. The lowest BCUT2D eigenvalue weighted by atomic mass is 10.2. The molecule has 0 radical (unpaired) electrons. The molecule has 5 N–H and O–H groups in total. The van der Waals surface area contributed by atoms with Crippen LogP contribution in [0.2, 0.25) is 0 Å². The van der Waals surface area contributed by atoms with Crippen molar-refractivity contribution in [3.63, 3.8) is 0 Å². The minimum Gasteiger partial charge on any atom is -0.456 e. The molecule has 0 atom stereocenters. The number of carbonyl (C=O) groups excluding carboxylic acids is 2. The van der Waals surface area contributed by atoms with E-state index in [4.69, 9.17) is 10.5 Å². The molecule has 0 aliphatic heterocycles. The zero-order chi connectivity index (χ0) is 23.4. The number of primary amides is 1. The maximum Gasteiger partial charge on any atom is 0.318 e. The molecular weight excluding hydrogens is 532 g/mol. The number of halogens is 2. The molecule has 9 nitrogen and oxygen atoms in total. The average Bonchev–Trinajstić information content (AvgIpc) is 2.73. The van der Waals surface area contributed by atoms with Gasteiger partial charge in [0.15, 0.2) is 0 Å². The minimum absolute atomic E-state index is 0.0280. The van der Waals surface area contributed by atoms with Crippen molar-refractivity contribution in [2.45, 2.75) is 0 Å². The van der Waals surface area contributed by atoms with Gasteiger partial charge in [0, 0.05) is 35.5 Å². The highest BCUT2D eigenvalue weighted by atomic mass is 127. The maximum absolute atomic E-state index is 14.4. The Hall–Kier alpha value is -3.61. The first-order valence-corrected chi connectivity index (χ1v) is 10.3. The monoisotopic (exact) mass is 551 g/mol. The summed E-state index contributed by atoms with van der Waals surface area (Å²) >= 11 is 1.97. The fourth-order valence-corrected chi connectivity index (χ4v) is 3.27. The van der Waals surface area contributed by atoms with Crippen LogP contribution in [0.3, 0.4) is 0 Å². The Kier molecular flexibility index (Phi) is 6.98. The van der Waals surface area contributed by atoms with Gasteiger partial charge in [-0.05, 0) is 52.9 Å². The highest BCUT2D eigenvalue weighted by molar-refractivity contribution is 14.1. The quantitative estimate of drug-likeness (QED) is 0.349. The number of anilines is 3. The largest absolute Gasteiger partial charge is 0.456 e. The first kappa shape index (κ1) is 23.1. The van der Waals surface area contributed by atoms with E-state index < -0.39 is 23.3 Å². The number of nitrogens with two attached hydrogens (primary N) is 1. The molecule has 32 heavy (non-hydrogen) atoms. The van der Waals surface area contributed by atoms with E-state index in [-0.39, 0.29) is 28.6 Å². The Bertz CT molecular complexity index is 1260. The van der Waals surface area contributed by atoms with Crippen molar-refractivity contribution in [1.29, 1.82) is 0 Å². The molecular formula is C21H19FIN5O4. The van der Waals surface area contributed by atoms with E-state index in [9.17, 15) is 18.8 Å². The molecule has 0 aliphatic carbocycles. The van der Waals surface area contributed by atoms with Gasteiger partial charge in [-0.15, -0.1) is 0 Å². The predicted octanol–water partition coefficient (Wildman–Crippen LogP) is 3.52. The summed E-state index contributed by atoms with van der Waals surface area (Å²) in [6.45, 7) is 0. The minimum atomic E-state index is -0.885. The van der Waals surface area contributed by atoms with Gasteiger partial charge in [0.2, 0.25) is 0 Å². The fourth-order valence-electron chi connectivity index (χ4n) is 2.82. The van der Waals surface area contributed by atoms with Gasteiger partial charge in [0.05, 0.1) is 5.69 Å². The highest BCUT2D eigenvalue weighted by Crippen LogP contribution is 2.32. The van der Waals surface area contributed by atoms with Crippen molar-refractivity contribution >= 4 is 51.7 Å². The molecule has 0 bridgehead atoms. The molecule has 0 unspecified atom stereocenters.